The summed E-state index contributed by atoms with van der Waals surface area (Å²) in [5.41, 5.74) is 3.44. The maximum absolute atomic E-state index is 12.0. The number of aromatic hydroxyl groups is 1. The Labute approximate surface area is 514 Å². The second-order valence-corrected chi connectivity index (χ2v) is 20.8. The summed E-state index contributed by atoms with van der Waals surface area (Å²) in [7, 11) is 0. The second kappa shape index (κ2) is 24.5. The maximum atomic E-state index is 12.0. The molecule has 12 aromatic carbocycles. The van der Waals surface area contributed by atoms with E-state index in [4.69, 9.17) is 41.3 Å². The van der Waals surface area contributed by atoms with Crippen LogP contribution in [0.2, 0.25) is 0 Å². The number of terminal acetylenes is 3. The molecule has 3 N–H and O–H groups in total. The summed E-state index contributed by atoms with van der Waals surface area (Å²) in [6.07, 6.45) is 23.4. The molecule has 9 heteroatoms. The summed E-state index contributed by atoms with van der Waals surface area (Å²) in [4.78, 5) is 12.0. The van der Waals surface area contributed by atoms with Crippen LogP contribution in [-0.4, -0.2) is 15.3 Å². The number of aliphatic hydroxyl groups is 2. The van der Waals surface area contributed by atoms with Gasteiger partial charge in [0.15, 0.2) is 16.8 Å². The molecule has 5 heterocycles. The Bertz CT molecular complexity index is 4710. The lowest BCUT2D eigenvalue weighted by molar-refractivity contribution is 0.131. The highest BCUT2D eigenvalue weighted by Gasteiger charge is 2.45. The molecule has 1 aromatic heterocycles. The molecule has 0 fully saturated rings. The fraction of sp³-hybridized carbons (Fsp3) is 0.0375. The van der Waals surface area contributed by atoms with E-state index in [9.17, 15) is 15.0 Å². The van der Waals surface area contributed by atoms with Crippen molar-refractivity contribution in [1.29, 1.82) is 0 Å². The molecule has 0 aliphatic carbocycles. The predicted octanol–water partition coefficient (Wildman–Crippen LogP) is 17.4. The van der Waals surface area contributed by atoms with Crippen molar-refractivity contribution < 1.29 is 38.7 Å². The Kier molecular flexibility index (Phi) is 15.8. The van der Waals surface area contributed by atoms with E-state index in [1.807, 2.05) is 152 Å². The Hall–Kier alpha value is -12.0. The molecule has 0 atom stereocenters. The summed E-state index contributed by atoms with van der Waals surface area (Å²) in [6.45, 7) is 0. The maximum Gasteiger partial charge on any atom is 0.200 e. The lowest BCUT2D eigenvalue weighted by Gasteiger charge is -2.40. The number of hydrogen-bond donors (Lipinski definition) is 3. The van der Waals surface area contributed by atoms with E-state index in [1.165, 1.54) is 10.8 Å². The van der Waals surface area contributed by atoms with Crippen LogP contribution in [-0.2, 0) is 16.8 Å². The number of phenols is 1. The molecule has 0 radical (unpaired) electrons. The Morgan fingerprint density at radius 2 is 0.708 bits per heavy atom. The number of rotatable bonds is 0. The lowest BCUT2D eigenvalue weighted by atomic mass is 9.81. The molecule has 9 nitrogen and oxygen atoms in total. The van der Waals surface area contributed by atoms with Crippen molar-refractivity contribution in [3.8, 4) is 83.5 Å². The first-order chi connectivity index (χ1) is 43.6. The van der Waals surface area contributed by atoms with Gasteiger partial charge in [0.1, 0.15) is 57.2 Å². The summed E-state index contributed by atoms with van der Waals surface area (Å²) in [5.74, 6) is 10.2. The van der Waals surface area contributed by atoms with E-state index in [1.54, 1.807) is 72.8 Å². The molecule has 0 saturated carbocycles. The fourth-order valence-electron chi connectivity index (χ4n) is 11.4. The average molecular weight is 1160 g/mol. The Morgan fingerprint density at radius 1 is 0.360 bits per heavy atom. The normalized spacial score (nSPS) is 13.6. The van der Waals surface area contributed by atoms with Crippen LogP contribution in [0.15, 0.2) is 288 Å². The SMILES string of the molecule is C#C.C#CC1(O)c2ccccc2Oc2ccccc21.C#CC1(O)c2ccccc2Oc2ccccc21.C1=CC2(Oc3ccc4ccccc4c31)c1ccccc1Oc1ccccc12.O=c1c2ccccc2oc2ccccc12.Oc1ccc2ccccc2c1. The van der Waals surface area contributed by atoms with Crippen molar-refractivity contribution in [3.63, 3.8) is 0 Å². The Morgan fingerprint density at radius 3 is 1.16 bits per heavy atom. The van der Waals surface area contributed by atoms with Gasteiger partial charge in [-0.15, -0.1) is 25.7 Å². The molecule has 1 spiro atoms. The van der Waals surface area contributed by atoms with Gasteiger partial charge in [-0.3, -0.25) is 4.79 Å². The highest BCUT2D eigenvalue weighted by molar-refractivity contribution is 5.94. The number of fused-ring (bicyclic) bond motifs is 14. The van der Waals surface area contributed by atoms with Gasteiger partial charge < -0.3 is 38.7 Å². The average Bonchev–Trinajstić information content (AvgIpc) is 0.913. The molecular weight excluding hydrogens is 1100 g/mol. The lowest BCUT2D eigenvalue weighted by Crippen LogP contribution is -2.37. The van der Waals surface area contributed by atoms with Crippen molar-refractivity contribution in [2.24, 2.45) is 0 Å². The molecule has 4 aliphatic rings. The second-order valence-electron chi connectivity index (χ2n) is 20.8. The van der Waals surface area contributed by atoms with Gasteiger partial charge in [-0.25, -0.2) is 0 Å². The molecule has 0 bridgehead atoms. The number of phenolic OH excluding ortho intramolecular Hbond substituents is 1. The van der Waals surface area contributed by atoms with Crippen LogP contribution in [0, 0.1) is 37.5 Å². The van der Waals surface area contributed by atoms with E-state index < -0.39 is 16.8 Å². The number of hydrogen-bond acceptors (Lipinski definition) is 9. The predicted molar refractivity (Wildman–Crippen MR) is 352 cm³/mol. The third-order valence-corrected chi connectivity index (χ3v) is 15.7. The van der Waals surface area contributed by atoms with Crippen molar-refractivity contribution in [2.45, 2.75) is 16.8 Å². The van der Waals surface area contributed by atoms with Crippen molar-refractivity contribution in [1.82, 2.24) is 0 Å². The smallest absolute Gasteiger partial charge is 0.200 e. The first-order valence-corrected chi connectivity index (χ1v) is 28.4. The molecule has 17 rings (SSSR count). The molecule has 0 saturated heterocycles. The highest BCUT2D eigenvalue weighted by Crippen LogP contribution is 2.53. The first-order valence-electron chi connectivity index (χ1n) is 28.4. The minimum atomic E-state index is -1.41. The zero-order valence-electron chi connectivity index (χ0n) is 47.7. The number of ether oxygens (including phenoxy) is 4. The van der Waals surface area contributed by atoms with Gasteiger partial charge in [-0.1, -0.05) is 206 Å². The van der Waals surface area contributed by atoms with E-state index in [0.717, 1.165) is 44.7 Å². The van der Waals surface area contributed by atoms with Gasteiger partial charge in [0.2, 0.25) is 5.43 Å². The fourth-order valence-corrected chi connectivity index (χ4v) is 11.4. The molecule has 4 aliphatic heterocycles. The minimum Gasteiger partial charge on any atom is -0.508 e. The summed E-state index contributed by atoms with van der Waals surface area (Å²) < 4.78 is 30.0. The van der Waals surface area contributed by atoms with Gasteiger partial charge >= 0.3 is 0 Å². The van der Waals surface area contributed by atoms with Crippen LogP contribution >= 0.6 is 0 Å². The van der Waals surface area contributed by atoms with Gasteiger partial charge in [0.25, 0.3) is 0 Å². The van der Waals surface area contributed by atoms with Crippen LogP contribution < -0.4 is 24.4 Å². The quantitative estimate of drug-likeness (QED) is 0.100. The van der Waals surface area contributed by atoms with Crippen LogP contribution in [0.5, 0.6) is 46.0 Å². The van der Waals surface area contributed by atoms with E-state index in [2.05, 4.69) is 85.4 Å². The zero-order chi connectivity index (χ0) is 61.5. The highest BCUT2D eigenvalue weighted by atomic mass is 16.5. The van der Waals surface area contributed by atoms with Gasteiger partial charge in [0.05, 0.1) is 10.8 Å². The van der Waals surface area contributed by atoms with E-state index >= 15 is 0 Å². The standard InChI is InChI=1S/C25H16O2.2C15H10O2.C13H8O2.C10H8O.C2H2/c1-2-8-18-17(7-1)13-14-22-19(18)15-16-25(27-22)20-9-3-5-11-23(20)26-24-12-6-4-10-21(24)25;2*1-2-15(16)11-7-3-5-9-13(11)17-14-10-6-4-8-12(14)15;14-13-9-5-1-3-7-11(9)15-12-8-4-2-6-10(12)13;11-10-6-5-8-3-1-2-4-9(8)7-10;1-2/h1-16H;2*1,3-10,16H;1-8H;1-7,11H;1-2H. The van der Waals surface area contributed by atoms with Gasteiger partial charge in [0, 0.05) is 38.9 Å². The van der Waals surface area contributed by atoms with Crippen molar-refractivity contribution in [2.75, 3.05) is 0 Å². The third-order valence-electron chi connectivity index (χ3n) is 15.7. The number of para-hydroxylation sites is 8. The number of benzene rings is 12. The topological polar surface area (TPSA) is 128 Å². The first kappa shape index (κ1) is 57.4. The van der Waals surface area contributed by atoms with E-state index in [-0.39, 0.29) is 5.43 Å². The van der Waals surface area contributed by atoms with Crippen molar-refractivity contribution >= 4 is 49.6 Å². The van der Waals surface area contributed by atoms with Crippen LogP contribution in [0.4, 0.5) is 0 Å². The van der Waals surface area contributed by atoms with Crippen LogP contribution in [0.25, 0.3) is 49.6 Å². The molecule has 0 amide bonds. The van der Waals surface area contributed by atoms with Gasteiger partial charge in [-0.2, -0.15) is 0 Å². The molecule has 0 unspecified atom stereocenters. The molecule has 13 aromatic rings. The summed E-state index contributed by atoms with van der Waals surface area (Å²) in [6, 6.07) is 85.8. The van der Waals surface area contributed by atoms with Crippen LogP contribution in [0.1, 0.15) is 38.9 Å². The largest absolute Gasteiger partial charge is 0.508 e. The summed E-state index contributed by atoms with van der Waals surface area (Å²) >= 11 is 0. The zero-order valence-corrected chi connectivity index (χ0v) is 47.7. The monoisotopic (exact) mass is 1160 g/mol. The molecular formula is C80H54O9. The third kappa shape index (κ3) is 10.7. The van der Waals surface area contributed by atoms with E-state index in [0.29, 0.717) is 72.9 Å². The van der Waals surface area contributed by atoms with Crippen molar-refractivity contribution in [3.05, 3.63) is 328 Å². The summed E-state index contributed by atoms with van der Waals surface area (Å²) in [5, 5.41) is 36.4. The Balaban J connectivity index is 0.000000111. The van der Waals surface area contributed by atoms with Crippen LogP contribution in [0.3, 0.4) is 0 Å². The van der Waals surface area contributed by atoms with Gasteiger partial charge in [-0.05, 0) is 113 Å². The minimum absolute atomic E-state index is 0.0347. The molecule has 428 valence electrons. The molecule has 89 heavy (non-hydrogen) atoms.